The molecule has 0 saturated carbocycles. The first kappa shape index (κ1) is 10.7. The number of aromatic nitrogens is 1. The molecule has 3 heteroatoms. The Morgan fingerprint density at radius 1 is 1.33 bits per heavy atom. The molecule has 1 atom stereocenters. The number of anilines is 1. The summed E-state index contributed by atoms with van der Waals surface area (Å²) in [6.45, 7) is 6.16. The van der Waals surface area contributed by atoms with E-state index in [1.165, 1.54) is 12.1 Å². The van der Waals surface area contributed by atoms with Gasteiger partial charge in [-0.2, -0.15) is 0 Å². The van der Waals surface area contributed by atoms with Gasteiger partial charge in [0.05, 0.1) is 5.38 Å². The van der Waals surface area contributed by atoms with Gasteiger partial charge in [0, 0.05) is 30.2 Å². The molecule has 2 heterocycles. The van der Waals surface area contributed by atoms with Gasteiger partial charge in [0.2, 0.25) is 0 Å². The molecule has 0 bridgehead atoms. The molecule has 1 aliphatic rings. The monoisotopic (exact) mass is 224 g/mol. The lowest BCUT2D eigenvalue weighted by atomic mass is 10.1. The lowest BCUT2D eigenvalue weighted by molar-refractivity contribution is 0.584. The van der Waals surface area contributed by atoms with E-state index in [1.54, 1.807) is 0 Å². The van der Waals surface area contributed by atoms with Crippen LogP contribution in [-0.4, -0.2) is 23.5 Å². The number of nitrogens with zero attached hydrogens (tertiary/aromatic N) is 2. The average Bonchev–Trinajstić information content (AvgIpc) is 2.16. The van der Waals surface area contributed by atoms with Gasteiger partial charge in [0.1, 0.15) is 0 Å². The van der Waals surface area contributed by atoms with Crippen LogP contribution in [0, 0.1) is 13.8 Å². The van der Waals surface area contributed by atoms with Gasteiger partial charge < -0.3 is 4.90 Å². The maximum Gasteiger partial charge on any atom is 0.0511 e. The fraction of sp³-hybridized carbons (Fsp3) is 0.583. The number of piperidine rings is 1. The van der Waals surface area contributed by atoms with Crippen molar-refractivity contribution in [3.8, 4) is 0 Å². The first-order valence-corrected chi connectivity index (χ1v) is 5.93. The summed E-state index contributed by atoms with van der Waals surface area (Å²) in [5.74, 6) is 0. The standard InChI is InChI=1S/C12H17ClN2/c1-9-6-12(7-10(2)14-9)15-5-3-4-11(13)8-15/h6-7,11H,3-5,8H2,1-2H3. The Morgan fingerprint density at radius 2 is 2.00 bits per heavy atom. The van der Waals surface area contributed by atoms with Crippen LogP contribution < -0.4 is 4.90 Å². The molecule has 0 aliphatic carbocycles. The Labute approximate surface area is 96.3 Å². The SMILES string of the molecule is Cc1cc(N2CCCC(Cl)C2)cc(C)n1. The highest BCUT2D eigenvalue weighted by molar-refractivity contribution is 6.21. The fourth-order valence-electron chi connectivity index (χ4n) is 2.15. The van der Waals surface area contributed by atoms with Gasteiger partial charge in [-0.25, -0.2) is 0 Å². The van der Waals surface area contributed by atoms with Crippen molar-refractivity contribution in [2.75, 3.05) is 18.0 Å². The van der Waals surface area contributed by atoms with Crippen molar-refractivity contribution in [1.29, 1.82) is 0 Å². The Balaban J connectivity index is 2.20. The molecule has 0 N–H and O–H groups in total. The summed E-state index contributed by atoms with van der Waals surface area (Å²) >= 11 is 6.18. The second kappa shape index (κ2) is 4.40. The van der Waals surface area contributed by atoms with Crippen molar-refractivity contribution in [2.24, 2.45) is 0 Å². The highest BCUT2D eigenvalue weighted by atomic mass is 35.5. The summed E-state index contributed by atoms with van der Waals surface area (Å²) in [5, 5.41) is 0.299. The lowest BCUT2D eigenvalue weighted by Crippen LogP contribution is -2.36. The van der Waals surface area contributed by atoms with E-state index >= 15 is 0 Å². The molecule has 0 radical (unpaired) electrons. The fourth-order valence-corrected chi connectivity index (χ4v) is 2.48. The normalized spacial score (nSPS) is 21.8. The maximum atomic E-state index is 6.18. The molecule has 1 unspecified atom stereocenters. The average molecular weight is 225 g/mol. The molecule has 1 aliphatic heterocycles. The third-order valence-corrected chi connectivity index (χ3v) is 3.15. The first-order chi connectivity index (χ1) is 7.15. The van der Waals surface area contributed by atoms with Crippen LogP contribution in [0.3, 0.4) is 0 Å². The molecule has 1 aromatic heterocycles. The van der Waals surface area contributed by atoms with Crippen LogP contribution in [0.5, 0.6) is 0 Å². The Morgan fingerprint density at radius 3 is 2.60 bits per heavy atom. The zero-order valence-corrected chi connectivity index (χ0v) is 10.1. The molecule has 0 amide bonds. The van der Waals surface area contributed by atoms with E-state index in [0.29, 0.717) is 5.38 Å². The number of pyridine rings is 1. The van der Waals surface area contributed by atoms with Crippen LogP contribution in [0.15, 0.2) is 12.1 Å². The second-order valence-corrected chi connectivity index (χ2v) is 4.91. The van der Waals surface area contributed by atoms with Gasteiger partial charge >= 0.3 is 0 Å². The molecule has 1 fully saturated rings. The number of halogens is 1. The molecule has 2 rings (SSSR count). The van der Waals surface area contributed by atoms with Crippen LogP contribution in [0.1, 0.15) is 24.2 Å². The molecule has 15 heavy (non-hydrogen) atoms. The van der Waals surface area contributed by atoms with E-state index in [4.69, 9.17) is 11.6 Å². The van der Waals surface area contributed by atoms with Crippen molar-refractivity contribution < 1.29 is 0 Å². The van der Waals surface area contributed by atoms with Crippen LogP contribution in [0.2, 0.25) is 0 Å². The van der Waals surface area contributed by atoms with Gasteiger partial charge in [-0.05, 0) is 38.8 Å². The molecular weight excluding hydrogens is 208 g/mol. The van der Waals surface area contributed by atoms with Crippen LogP contribution in [-0.2, 0) is 0 Å². The quantitative estimate of drug-likeness (QED) is 0.682. The van der Waals surface area contributed by atoms with Gasteiger partial charge in [-0.3, -0.25) is 4.98 Å². The minimum Gasteiger partial charge on any atom is -0.370 e. The Hall–Kier alpha value is -0.760. The van der Waals surface area contributed by atoms with E-state index in [0.717, 1.165) is 30.9 Å². The van der Waals surface area contributed by atoms with E-state index < -0.39 is 0 Å². The minimum atomic E-state index is 0.299. The highest BCUT2D eigenvalue weighted by Crippen LogP contribution is 2.23. The van der Waals surface area contributed by atoms with Crippen molar-refractivity contribution in [3.05, 3.63) is 23.5 Å². The van der Waals surface area contributed by atoms with Crippen molar-refractivity contribution >= 4 is 17.3 Å². The molecule has 82 valence electrons. The zero-order chi connectivity index (χ0) is 10.8. The molecule has 1 aromatic rings. The third kappa shape index (κ3) is 2.63. The van der Waals surface area contributed by atoms with E-state index in [2.05, 4.69) is 22.0 Å². The Kier molecular flexibility index (Phi) is 3.15. The number of alkyl halides is 1. The lowest BCUT2D eigenvalue weighted by Gasteiger charge is -2.32. The molecule has 1 saturated heterocycles. The zero-order valence-electron chi connectivity index (χ0n) is 9.33. The largest absolute Gasteiger partial charge is 0.370 e. The molecule has 0 aromatic carbocycles. The van der Waals surface area contributed by atoms with Crippen molar-refractivity contribution in [2.45, 2.75) is 32.1 Å². The van der Waals surface area contributed by atoms with Gasteiger partial charge in [-0.1, -0.05) is 0 Å². The Bertz CT molecular complexity index is 331. The molecular formula is C12H17ClN2. The number of hydrogen-bond donors (Lipinski definition) is 0. The minimum absolute atomic E-state index is 0.299. The predicted molar refractivity (Wildman–Crippen MR) is 64.8 cm³/mol. The summed E-state index contributed by atoms with van der Waals surface area (Å²) in [5.41, 5.74) is 3.44. The number of hydrogen-bond acceptors (Lipinski definition) is 2. The van der Waals surface area contributed by atoms with E-state index in [1.807, 2.05) is 13.8 Å². The first-order valence-electron chi connectivity index (χ1n) is 5.49. The van der Waals surface area contributed by atoms with Crippen molar-refractivity contribution in [3.63, 3.8) is 0 Å². The summed E-state index contributed by atoms with van der Waals surface area (Å²) in [7, 11) is 0. The topological polar surface area (TPSA) is 16.1 Å². The highest BCUT2D eigenvalue weighted by Gasteiger charge is 2.18. The summed E-state index contributed by atoms with van der Waals surface area (Å²) in [4.78, 5) is 6.75. The smallest absolute Gasteiger partial charge is 0.0511 e. The molecule has 0 spiro atoms. The van der Waals surface area contributed by atoms with Crippen LogP contribution >= 0.6 is 11.6 Å². The summed E-state index contributed by atoms with van der Waals surface area (Å²) in [6, 6.07) is 4.28. The van der Waals surface area contributed by atoms with Gasteiger partial charge in [0.25, 0.3) is 0 Å². The van der Waals surface area contributed by atoms with Gasteiger partial charge in [-0.15, -0.1) is 11.6 Å². The molecule has 2 nitrogen and oxygen atoms in total. The number of aryl methyl sites for hydroxylation is 2. The van der Waals surface area contributed by atoms with Crippen LogP contribution in [0.25, 0.3) is 0 Å². The second-order valence-electron chi connectivity index (χ2n) is 4.29. The third-order valence-electron chi connectivity index (χ3n) is 2.80. The number of rotatable bonds is 1. The van der Waals surface area contributed by atoms with Crippen molar-refractivity contribution in [1.82, 2.24) is 4.98 Å². The summed E-state index contributed by atoms with van der Waals surface area (Å²) < 4.78 is 0. The summed E-state index contributed by atoms with van der Waals surface area (Å²) in [6.07, 6.45) is 2.33. The van der Waals surface area contributed by atoms with Crippen LogP contribution in [0.4, 0.5) is 5.69 Å². The van der Waals surface area contributed by atoms with E-state index in [-0.39, 0.29) is 0 Å². The maximum absolute atomic E-state index is 6.18. The van der Waals surface area contributed by atoms with Gasteiger partial charge in [0.15, 0.2) is 0 Å². The predicted octanol–water partition coefficient (Wildman–Crippen LogP) is 2.91. The van der Waals surface area contributed by atoms with E-state index in [9.17, 15) is 0 Å².